The van der Waals surface area contributed by atoms with Crippen molar-refractivity contribution in [3.8, 4) is 0 Å². The Labute approximate surface area is 114 Å². The van der Waals surface area contributed by atoms with E-state index in [1.807, 2.05) is 12.1 Å². The molecular weight excluding hydrogens is 234 g/mol. The number of nitrogens with two attached hydrogens (primary N) is 2. The summed E-state index contributed by atoms with van der Waals surface area (Å²) in [6, 6.07) is 10.4. The van der Waals surface area contributed by atoms with E-state index in [1.165, 1.54) is 36.6 Å². The minimum Gasteiger partial charge on any atom is -0.384 e. The van der Waals surface area contributed by atoms with Gasteiger partial charge in [0.05, 0.1) is 5.52 Å². The summed E-state index contributed by atoms with van der Waals surface area (Å²) in [5.74, 6) is 1.97. The van der Waals surface area contributed by atoms with E-state index in [9.17, 15) is 0 Å². The van der Waals surface area contributed by atoms with Gasteiger partial charge in [0.1, 0.15) is 5.82 Å². The maximum Gasteiger partial charge on any atom is 0.124 e. The Bertz CT molecular complexity index is 571. The third-order valence-electron chi connectivity index (χ3n) is 4.41. The molecular formula is C16H21N3. The van der Waals surface area contributed by atoms with Gasteiger partial charge in [0.15, 0.2) is 0 Å². The maximum absolute atomic E-state index is 5.77. The van der Waals surface area contributed by atoms with Crippen LogP contribution in [0.3, 0.4) is 0 Å². The van der Waals surface area contributed by atoms with Crippen LogP contribution >= 0.6 is 0 Å². The van der Waals surface area contributed by atoms with Crippen LogP contribution in [0, 0.1) is 5.92 Å². The SMILES string of the molecule is NCC1CCC(c2cccc3nc(N)ccc23)CC1. The van der Waals surface area contributed by atoms with E-state index in [1.54, 1.807) is 0 Å². The van der Waals surface area contributed by atoms with Crippen LogP contribution in [-0.4, -0.2) is 11.5 Å². The third kappa shape index (κ3) is 2.43. The first-order valence-electron chi connectivity index (χ1n) is 7.13. The number of anilines is 1. The van der Waals surface area contributed by atoms with Gasteiger partial charge in [0.2, 0.25) is 0 Å². The van der Waals surface area contributed by atoms with Crippen LogP contribution in [-0.2, 0) is 0 Å². The van der Waals surface area contributed by atoms with Gasteiger partial charge in [0.25, 0.3) is 0 Å². The lowest BCUT2D eigenvalue weighted by Crippen LogP contribution is -2.20. The monoisotopic (exact) mass is 255 g/mol. The normalized spacial score (nSPS) is 23.6. The molecule has 4 N–H and O–H groups in total. The zero-order valence-corrected chi connectivity index (χ0v) is 11.2. The van der Waals surface area contributed by atoms with Crippen molar-refractivity contribution in [2.45, 2.75) is 31.6 Å². The van der Waals surface area contributed by atoms with Crippen molar-refractivity contribution in [2.24, 2.45) is 11.7 Å². The molecule has 1 aromatic carbocycles. The lowest BCUT2D eigenvalue weighted by Gasteiger charge is -2.28. The highest BCUT2D eigenvalue weighted by atomic mass is 14.8. The molecule has 1 aliphatic rings. The van der Waals surface area contributed by atoms with Gasteiger partial charge in [-0.25, -0.2) is 4.98 Å². The molecule has 1 aliphatic carbocycles. The lowest BCUT2D eigenvalue weighted by atomic mass is 9.78. The number of hydrogen-bond donors (Lipinski definition) is 2. The van der Waals surface area contributed by atoms with Gasteiger partial charge < -0.3 is 11.5 Å². The molecule has 0 atom stereocenters. The molecule has 0 saturated heterocycles. The van der Waals surface area contributed by atoms with E-state index in [2.05, 4.69) is 23.2 Å². The summed E-state index contributed by atoms with van der Waals surface area (Å²) in [7, 11) is 0. The molecule has 0 amide bonds. The van der Waals surface area contributed by atoms with Gasteiger partial charge in [-0.3, -0.25) is 0 Å². The minimum absolute atomic E-state index is 0.594. The molecule has 3 rings (SSSR count). The number of nitrogen functional groups attached to an aromatic ring is 1. The molecule has 0 bridgehead atoms. The number of hydrogen-bond acceptors (Lipinski definition) is 3. The molecule has 3 heteroatoms. The summed E-state index contributed by atoms with van der Waals surface area (Å²) in [5, 5.41) is 1.26. The predicted molar refractivity (Wildman–Crippen MR) is 79.9 cm³/mol. The highest BCUT2D eigenvalue weighted by Gasteiger charge is 2.22. The summed E-state index contributed by atoms with van der Waals surface area (Å²) in [5.41, 5.74) is 14.0. The van der Waals surface area contributed by atoms with E-state index < -0.39 is 0 Å². The third-order valence-corrected chi connectivity index (χ3v) is 4.41. The van der Waals surface area contributed by atoms with Crippen molar-refractivity contribution in [3.05, 3.63) is 35.9 Å². The van der Waals surface area contributed by atoms with Gasteiger partial charge >= 0.3 is 0 Å². The van der Waals surface area contributed by atoms with E-state index >= 15 is 0 Å². The molecule has 1 aromatic heterocycles. The number of rotatable bonds is 2. The molecule has 1 fully saturated rings. The first-order valence-corrected chi connectivity index (χ1v) is 7.13. The molecule has 1 heterocycles. The molecule has 1 saturated carbocycles. The highest BCUT2D eigenvalue weighted by molar-refractivity contribution is 5.84. The zero-order chi connectivity index (χ0) is 13.2. The van der Waals surface area contributed by atoms with Gasteiger partial charge in [-0.1, -0.05) is 12.1 Å². The van der Waals surface area contributed by atoms with Gasteiger partial charge in [-0.2, -0.15) is 0 Å². The van der Waals surface area contributed by atoms with Crippen molar-refractivity contribution < 1.29 is 0 Å². The second-order valence-electron chi connectivity index (χ2n) is 5.60. The fraction of sp³-hybridized carbons (Fsp3) is 0.438. The largest absolute Gasteiger partial charge is 0.384 e. The van der Waals surface area contributed by atoms with Crippen LogP contribution in [0.25, 0.3) is 10.9 Å². The van der Waals surface area contributed by atoms with Crippen LogP contribution < -0.4 is 11.5 Å². The first-order chi connectivity index (χ1) is 9.28. The number of nitrogens with zero attached hydrogens (tertiary/aromatic N) is 1. The Kier molecular flexibility index (Phi) is 3.38. The number of fused-ring (bicyclic) bond motifs is 1. The van der Waals surface area contributed by atoms with Crippen molar-refractivity contribution in [3.63, 3.8) is 0 Å². The number of pyridine rings is 1. The summed E-state index contributed by atoms with van der Waals surface area (Å²) in [6.45, 7) is 0.834. The second-order valence-corrected chi connectivity index (χ2v) is 5.60. The van der Waals surface area contributed by atoms with Crippen LogP contribution in [0.4, 0.5) is 5.82 Å². The Morgan fingerprint density at radius 3 is 2.58 bits per heavy atom. The summed E-state index contributed by atoms with van der Waals surface area (Å²) >= 11 is 0. The Morgan fingerprint density at radius 1 is 1.05 bits per heavy atom. The van der Waals surface area contributed by atoms with Crippen LogP contribution in [0.5, 0.6) is 0 Å². The summed E-state index contributed by atoms with van der Waals surface area (Å²) in [6.07, 6.45) is 4.98. The van der Waals surface area contributed by atoms with Gasteiger partial charge in [0, 0.05) is 5.39 Å². The van der Waals surface area contributed by atoms with E-state index in [0.717, 1.165) is 18.0 Å². The van der Waals surface area contributed by atoms with Crippen LogP contribution in [0.2, 0.25) is 0 Å². The predicted octanol–water partition coefficient (Wildman–Crippen LogP) is 3.05. The molecule has 2 aromatic rings. The maximum atomic E-state index is 5.77. The fourth-order valence-corrected chi connectivity index (χ4v) is 3.26. The fourth-order valence-electron chi connectivity index (χ4n) is 3.26. The molecule has 0 spiro atoms. The smallest absolute Gasteiger partial charge is 0.124 e. The second kappa shape index (κ2) is 5.17. The standard InChI is InChI=1S/C16H21N3/c17-10-11-4-6-12(7-5-11)13-2-1-3-15-14(13)8-9-16(18)19-15/h1-3,8-9,11-12H,4-7,10,17H2,(H2,18,19). The molecule has 3 nitrogen and oxygen atoms in total. The Hall–Kier alpha value is -1.61. The highest BCUT2D eigenvalue weighted by Crippen LogP contribution is 2.38. The molecule has 0 aliphatic heterocycles. The lowest BCUT2D eigenvalue weighted by molar-refractivity contribution is 0.334. The minimum atomic E-state index is 0.594. The quantitative estimate of drug-likeness (QED) is 0.866. The average Bonchev–Trinajstić information content (AvgIpc) is 2.46. The molecule has 0 unspecified atom stereocenters. The van der Waals surface area contributed by atoms with Gasteiger partial charge in [-0.05, 0) is 67.8 Å². The Morgan fingerprint density at radius 2 is 1.84 bits per heavy atom. The summed E-state index contributed by atoms with van der Waals surface area (Å²) in [4.78, 5) is 4.42. The van der Waals surface area contributed by atoms with Gasteiger partial charge in [-0.15, -0.1) is 0 Å². The average molecular weight is 255 g/mol. The van der Waals surface area contributed by atoms with Crippen molar-refractivity contribution in [1.82, 2.24) is 4.98 Å². The topological polar surface area (TPSA) is 64.9 Å². The first kappa shape index (κ1) is 12.4. The van der Waals surface area contributed by atoms with E-state index in [0.29, 0.717) is 11.7 Å². The van der Waals surface area contributed by atoms with Crippen molar-refractivity contribution in [2.75, 3.05) is 12.3 Å². The number of aromatic nitrogens is 1. The molecule has 100 valence electrons. The van der Waals surface area contributed by atoms with Crippen molar-refractivity contribution >= 4 is 16.7 Å². The zero-order valence-electron chi connectivity index (χ0n) is 11.2. The van der Waals surface area contributed by atoms with Crippen LogP contribution in [0.15, 0.2) is 30.3 Å². The van der Waals surface area contributed by atoms with Crippen LogP contribution in [0.1, 0.15) is 37.2 Å². The van der Waals surface area contributed by atoms with Crippen molar-refractivity contribution in [1.29, 1.82) is 0 Å². The van der Waals surface area contributed by atoms with E-state index in [-0.39, 0.29) is 0 Å². The molecule has 0 radical (unpaired) electrons. The summed E-state index contributed by atoms with van der Waals surface area (Å²) < 4.78 is 0. The number of benzene rings is 1. The van der Waals surface area contributed by atoms with E-state index in [4.69, 9.17) is 11.5 Å². The Balaban J connectivity index is 1.93. The molecule has 19 heavy (non-hydrogen) atoms.